The Labute approximate surface area is 129 Å². The molecule has 1 aliphatic heterocycles. The molecule has 0 aromatic heterocycles. The van der Waals surface area contributed by atoms with Crippen LogP contribution < -0.4 is 4.74 Å². The smallest absolute Gasteiger partial charge is 0.166 e. The lowest BCUT2D eigenvalue weighted by Gasteiger charge is -2.21. The van der Waals surface area contributed by atoms with Crippen LogP contribution in [-0.2, 0) is 6.42 Å². The van der Waals surface area contributed by atoms with Gasteiger partial charge in [-0.3, -0.25) is 4.79 Å². The molecule has 0 amide bonds. The van der Waals surface area contributed by atoms with Crippen molar-refractivity contribution in [2.45, 2.75) is 51.4 Å². The van der Waals surface area contributed by atoms with Crippen LogP contribution in [0.1, 0.15) is 60.9 Å². The Hall–Kier alpha value is -0.830. The van der Waals surface area contributed by atoms with Gasteiger partial charge < -0.3 is 4.74 Å². The van der Waals surface area contributed by atoms with Gasteiger partial charge in [0.1, 0.15) is 5.75 Å². The van der Waals surface area contributed by atoms with Gasteiger partial charge in [-0.05, 0) is 30.0 Å². The van der Waals surface area contributed by atoms with Crippen LogP contribution in [0.15, 0.2) is 16.6 Å². The van der Waals surface area contributed by atoms with E-state index in [2.05, 4.69) is 22.0 Å². The van der Waals surface area contributed by atoms with Crippen LogP contribution in [0.4, 0.5) is 0 Å². The van der Waals surface area contributed by atoms with E-state index in [1.165, 1.54) is 37.7 Å². The Morgan fingerprint density at radius 1 is 1.25 bits per heavy atom. The first-order valence-corrected chi connectivity index (χ1v) is 8.52. The zero-order chi connectivity index (χ0) is 13.9. The molecule has 2 nitrogen and oxygen atoms in total. The summed E-state index contributed by atoms with van der Waals surface area (Å²) < 4.78 is 6.64. The van der Waals surface area contributed by atoms with Gasteiger partial charge in [-0.1, -0.05) is 48.0 Å². The maximum atomic E-state index is 12.5. The molecule has 0 spiro atoms. The number of carbonyl (C=O) groups excluding carboxylic acids is 1. The maximum absolute atomic E-state index is 12.5. The molecule has 3 heteroatoms. The van der Waals surface area contributed by atoms with Crippen LogP contribution in [0.5, 0.6) is 5.75 Å². The molecule has 1 heterocycles. The number of benzene rings is 1. The van der Waals surface area contributed by atoms with Gasteiger partial charge in [-0.15, -0.1) is 0 Å². The fourth-order valence-corrected chi connectivity index (χ4v) is 3.93. The molecule has 3 rings (SSSR count). The molecule has 108 valence electrons. The average Bonchev–Trinajstić information content (AvgIpc) is 2.93. The monoisotopic (exact) mass is 336 g/mol. The Kier molecular flexibility index (Phi) is 4.45. The second-order valence-corrected chi connectivity index (χ2v) is 6.92. The van der Waals surface area contributed by atoms with Crippen molar-refractivity contribution < 1.29 is 9.53 Å². The average molecular weight is 337 g/mol. The molecule has 0 atom stereocenters. The minimum Gasteiger partial charge on any atom is -0.492 e. The Morgan fingerprint density at radius 3 is 2.85 bits per heavy atom. The fourth-order valence-electron chi connectivity index (χ4n) is 3.42. The van der Waals surface area contributed by atoms with Gasteiger partial charge in [0.05, 0.1) is 12.2 Å². The summed E-state index contributed by atoms with van der Waals surface area (Å²) >= 11 is 3.50. The standard InChI is InChI=1S/C17H21BrO2/c18-14-10-13-8-9-20-17(13)15(11-14)16(19)7-6-12-4-2-1-3-5-12/h10-12H,1-9H2. The number of ketones is 1. The lowest BCUT2D eigenvalue weighted by Crippen LogP contribution is -2.10. The largest absolute Gasteiger partial charge is 0.492 e. The van der Waals surface area contributed by atoms with Crippen molar-refractivity contribution in [1.29, 1.82) is 0 Å². The van der Waals surface area contributed by atoms with E-state index in [-0.39, 0.29) is 5.78 Å². The number of ether oxygens (including phenoxy) is 1. The molecular formula is C17H21BrO2. The van der Waals surface area contributed by atoms with Crippen LogP contribution in [0.3, 0.4) is 0 Å². The van der Waals surface area contributed by atoms with Gasteiger partial charge in [0, 0.05) is 17.3 Å². The molecule has 1 fully saturated rings. The zero-order valence-electron chi connectivity index (χ0n) is 11.8. The summed E-state index contributed by atoms with van der Waals surface area (Å²) in [6.45, 7) is 0.703. The molecule has 0 radical (unpaired) electrons. The predicted octanol–water partition coefficient (Wildman–Crippen LogP) is 4.93. The first-order chi connectivity index (χ1) is 9.74. The van der Waals surface area contributed by atoms with Gasteiger partial charge in [-0.2, -0.15) is 0 Å². The van der Waals surface area contributed by atoms with E-state index in [0.717, 1.165) is 34.5 Å². The first-order valence-electron chi connectivity index (χ1n) is 7.72. The number of rotatable bonds is 4. The van der Waals surface area contributed by atoms with Crippen molar-refractivity contribution in [2.75, 3.05) is 6.61 Å². The molecule has 1 saturated carbocycles. The summed E-state index contributed by atoms with van der Waals surface area (Å²) in [7, 11) is 0. The summed E-state index contributed by atoms with van der Waals surface area (Å²) in [5.74, 6) is 1.84. The number of halogens is 1. The highest BCUT2D eigenvalue weighted by atomic mass is 79.9. The van der Waals surface area contributed by atoms with E-state index in [9.17, 15) is 4.79 Å². The van der Waals surface area contributed by atoms with Gasteiger partial charge in [-0.25, -0.2) is 0 Å². The molecule has 1 aromatic rings. The third-order valence-corrected chi connectivity index (χ3v) is 5.01. The van der Waals surface area contributed by atoms with E-state index in [0.29, 0.717) is 13.0 Å². The van der Waals surface area contributed by atoms with Gasteiger partial charge >= 0.3 is 0 Å². The van der Waals surface area contributed by atoms with E-state index >= 15 is 0 Å². The summed E-state index contributed by atoms with van der Waals surface area (Å²) in [5.41, 5.74) is 1.95. The van der Waals surface area contributed by atoms with Crippen LogP contribution >= 0.6 is 15.9 Å². The third-order valence-electron chi connectivity index (χ3n) is 4.55. The third kappa shape index (κ3) is 3.08. The molecule has 1 aromatic carbocycles. The van der Waals surface area contributed by atoms with Crippen LogP contribution in [0.2, 0.25) is 0 Å². The number of Topliss-reactive ketones (excluding diaryl/α,β-unsaturated/α-hetero) is 1. The van der Waals surface area contributed by atoms with E-state index in [4.69, 9.17) is 4.74 Å². The highest BCUT2D eigenvalue weighted by Crippen LogP contribution is 2.35. The predicted molar refractivity (Wildman–Crippen MR) is 83.5 cm³/mol. The molecule has 0 saturated heterocycles. The Bertz CT molecular complexity index is 504. The van der Waals surface area contributed by atoms with Crippen LogP contribution in [-0.4, -0.2) is 12.4 Å². The molecule has 0 bridgehead atoms. The summed E-state index contributed by atoms with van der Waals surface area (Å²) in [6, 6.07) is 3.99. The Morgan fingerprint density at radius 2 is 2.05 bits per heavy atom. The van der Waals surface area contributed by atoms with E-state index < -0.39 is 0 Å². The minimum absolute atomic E-state index is 0.245. The number of hydrogen-bond acceptors (Lipinski definition) is 2. The first kappa shape index (κ1) is 14.1. The molecule has 2 aliphatic rings. The van der Waals surface area contributed by atoms with Crippen LogP contribution in [0.25, 0.3) is 0 Å². The van der Waals surface area contributed by atoms with Crippen molar-refractivity contribution in [2.24, 2.45) is 5.92 Å². The number of fused-ring (bicyclic) bond motifs is 1. The highest BCUT2D eigenvalue weighted by Gasteiger charge is 2.22. The lowest BCUT2D eigenvalue weighted by atomic mass is 9.85. The number of hydrogen-bond donors (Lipinski definition) is 0. The van der Waals surface area contributed by atoms with Gasteiger partial charge in [0.15, 0.2) is 5.78 Å². The number of carbonyl (C=O) groups is 1. The molecular weight excluding hydrogens is 316 g/mol. The van der Waals surface area contributed by atoms with Crippen molar-refractivity contribution in [3.8, 4) is 5.75 Å². The molecule has 20 heavy (non-hydrogen) atoms. The van der Waals surface area contributed by atoms with Crippen molar-refractivity contribution in [3.05, 3.63) is 27.7 Å². The lowest BCUT2D eigenvalue weighted by molar-refractivity contribution is 0.0967. The van der Waals surface area contributed by atoms with Gasteiger partial charge in [0.25, 0.3) is 0 Å². The summed E-state index contributed by atoms with van der Waals surface area (Å²) in [4.78, 5) is 12.5. The topological polar surface area (TPSA) is 26.3 Å². The minimum atomic E-state index is 0.245. The summed E-state index contributed by atoms with van der Waals surface area (Å²) in [6.07, 6.45) is 9.29. The van der Waals surface area contributed by atoms with Crippen LogP contribution in [0, 0.1) is 5.92 Å². The van der Waals surface area contributed by atoms with E-state index in [1.807, 2.05) is 6.07 Å². The maximum Gasteiger partial charge on any atom is 0.166 e. The molecule has 1 aliphatic carbocycles. The quantitative estimate of drug-likeness (QED) is 0.729. The van der Waals surface area contributed by atoms with Gasteiger partial charge in [0.2, 0.25) is 0 Å². The SMILES string of the molecule is O=C(CCC1CCCCC1)c1cc(Br)cc2c1OCC2. The zero-order valence-corrected chi connectivity index (χ0v) is 13.4. The second kappa shape index (κ2) is 6.30. The summed E-state index contributed by atoms with van der Waals surface area (Å²) in [5, 5.41) is 0. The fraction of sp³-hybridized carbons (Fsp3) is 0.588. The molecule has 0 N–H and O–H groups in total. The van der Waals surface area contributed by atoms with Crippen molar-refractivity contribution in [1.82, 2.24) is 0 Å². The Balaban J connectivity index is 1.68. The van der Waals surface area contributed by atoms with E-state index in [1.54, 1.807) is 0 Å². The normalized spacial score (nSPS) is 18.6. The van der Waals surface area contributed by atoms with Crippen molar-refractivity contribution in [3.63, 3.8) is 0 Å². The van der Waals surface area contributed by atoms with Crippen molar-refractivity contribution >= 4 is 21.7 Å². The molecule has 0 unspecified atom stereocenters. The highest BCUT2D eigenvalue weighted by molar-refractivity contribution is 9.10. The second-order valence-electron chi connectivity index (χ2n) is 6.01.